The third-order valence-electron chi connectivity index (χ3n) is 3.93. The first kappa shape index (κ1) is 19.6. The van der Waals surface area contributed by atoms with Crippen molar-refractivity contribution in [3.05, 3.63) is 71.4 Å². The number of fused-ring (bicyclic) bond motifs is 1. The lowest BCUT2D eigenvalue weighted by Crippen LogP contribution is -2.30. The molecule has 0 radical (unpaired) electrons. The third-order valence-corrected chi connectivity index (χ3v) is 3.93. The van der Waals surface area contributed by atoms with Crippen molar-refractivity contribution < 1.29 is 31.8 Å². The molecule has 146 valence electrons. The third kappa shape index (κ3) is 3.76. The molecule has 0 aliphatic carbocycles. The molecule has 8 heteroatoms. The zero-order valence-electron chi connectivity index (χ0n) is 14.7. The van der Waals surface area contributed by atoms with Crippen LogP contribution in [0, 0.1) is 11.6 Å². The lowest BCUT2D eigenvalue weighted by Gasteiger charge is -2.19. The molecule has 1 heterocycles. The molecule has 3 rings (SSSR count). The monoisotopic (exact) mass is 393 g/mol. The van der Waals surface area contributed by atoms with Crippen LogP contribution in [0.3, 0.4) is 0 Å². The Morgan fingerprint density at radius 3 is 2.57 bits per heavy atom. The van der Waals surface area contributed by atoms with Crippen LogP contribution in [-0.2, 0) is 22.1 Å². The van der Waals surface area contributed by atoms with E-state index < -0.39 is 34.8 Å². The van der Waals surface area contributed by atoms with Crippen molar-refractivity contribution in [3.8, 4) is 5.75 Å². The number of esters is 1. The van der Waals surface area contributed by atoms with E-state index in [2.05, 4.69) is 9.72 Å². The number of rotatable bonds is 6. The van der Waals surface area contributed by atoms with Gasteiger partial charge in [0.2, 0.25) is 0 Å². The molecule has 0 unspecified atom stereocenters. The largest absolute Gasteiger partial charge is 0.488 e. The number of carbonyl (C=O) groups excluding carboxylic acids is 1. The van der Waals surface area contributed by atoms with Crippen LogP contribution in [0.4, 0.5) is 17.6 Å². The van der Waals surface area contributed by atoms with Gasteiger partial charge >= 0.3 is 11.9 Å². The minimum Gasteiger partial charge on any atom is -0.488 e. The summed E-state index contributed by atoms with van der Waals surface area (Å²) in [5, 5.41) is 0.498. The standard InChI is InChI=1S/C20H15F4NO3/c1-2-27-19(26)20(23,24)17-14(21)6-4-8-16(17)28-11-12-9-13-5-3-7-15(22)18(13)25-10-12/h3-10H,2,11H2,1H3. The van der Waals surface area contributed by atoms with Gasteiger partial charge in [-0.05, 0) is 31.2 Å². The quantitative estimate of drug-likeness (QED) is 0.448. The summed E-state index contributed by atoms with van der Waals surface area (Å²) in [6, 6.07) is 9.10. The molecule has 0 bridgehead atoms. The molecule has 0 N–H and O–H groups in total. The van der Waals surface area contributed by atoms with E-state index in [-0.39, 0.29) is 18.7 Å². The molecular formula is C20H15F4NO3. The van der Waals surface area contributed by atoms with E-state index in [0.29, 0.717) is 10.9 Å². The summed E-state index contributed by atoms with van der Waals surface area (Å²) >= 11 is 0. The molecule has 0 spiro atoms. The van der Waals surface area contributed by atoms with Crippen LogP contribution in [-0.4, -0.2) is 17.6 Å². The van der Waals surface area contributed by atoms with Crippen molar-refractivity contribution >= 4 is 16.9 Å². The van der Waals surface area contributed by atoms with Crippen molar-refractivity contribution in [2.45, 2.75) is 19.5 Å². The van der Waals surface area contributed by atoms with Gasteiger partial charge in [0.05, 0.1) is 6.61 Å². The SMILES string of the molecule is CCOC(=O)C(F)(F)c1c(F)cccc1OCc1cnc2c(F)cccc2c1. The minimum atomic E-state index is -4.22. The van der Waals surface area contributed by atoms with Gasteiger partial charge in [-0.3, -0.25) is 4.98 Å². The van der Waals surface area contributed by atoms with Crippen molar-refractivity contribution in [2.24, 2.45) is 0 Å². The number of alkyl halides is 2. The lowest BCUT2D eigenvalue weighted by atomic mass is 10.1. The second kappa shape index (κ2) is 7.84. The first-order valence-electron chi connectivity index (χ1n) is 8.34. The number of halogens is 4. The second-order valence-electron chi connectivity index (χ2n) is 5.85. The maximum absolute atomic E-state index is 14.4. The number of hydrogen-bond donors (Lipinski definition) is 0. The van der Waals surface area contributed by atoms with Crippen LogP contribution < -0.4 is 4.74 Å². The van der Waals surface area contributed by atoms with Gasteiger partial charge in [-0.25, -0.2) is 13.6 Å². The van der Waals surface area contributed by atoms with Crippen LogP contribution in [0.2, 0.25) is 0 Å². The fourth-order valence-corrected chi connectivity index (χ4v) is 2.66. The Hall–Kier alpha value is -3.16. The van der Waals surface area contributed by atoms with E-state index in [0.717, 1.165) is 12.1 Å². The van der Waals surface area contributed by atoms with Gasteiger partial charge in [0.1, 0.15) is 35.1 Å². The van der Waals surface area contributed by atoms with Gasteiger partial charge in [-0.1, -0.05) is 18.2 Å². The van der Waals surface area contributed by atoms with E-state index in [9.17, 15) is 22.4 Å². The highest BCUT2D eigenvalue weighted by atomic mass is 19.3. The van der Waals surface area contributed by atoms with E-state index >= 15 is 0 Å². The Morgan fingerprint density at radius 1 is 1.11 bits per heavy atom. The van der Waals surface area contributed by atoms with E-state index in [4.69, 9.17) is 4.74 Å². The maximum Gasteiger partial charge on any atom is 0.382 e. The van der Waals surface area contributed by atoms with Gasteiger partial charge in [0.15, 0.2) is 0 Å². The van der Waals surface area contributed by atoms with E-state index in [1.165, 1.54) is 31.3 Å². The molecule has 0 aliphatic rings. The number of ether oxygens (including phenoxy) is 2. The molecule has 0 atom stereocenters. The smallest absolute Gasteiger partial charge is 0.382 e. The van der Waals surface area contributed by atoms with E-state index in [1.54, 1.807) is 12.1 Å². The molecule has 1 aromatic heterocycles. The van der Waals surface area contributed by atoms with Crippen molar-refractivity contribution in [3.63, 3.8) is 0 Å². The topological polar surface area (TPSA) is 48.4 Å². The van der Waals surface area contributed by atoms with Crippen molar-refractivity contribution in [2.75, 3.05) is 6.61 Å². The molecule has 0 saturated carbocycles. The highest BCUT2D eigenvalue weighted by Crippen LogP contribution is 2.38. The van der Waals surface area contributed by atoms with Crippen molar-refractivity contribution in [1.29, 1.82) is 0 Å². The molecule has 2 aromatic carbocycles. The molecule has 0 aliphatic heterocycles. The number of benzene rings is 2. The Bertz CT molecular complexity index is 1020. The van der Waals surface area contributed by atoms with Gasteiger partial charge in [-0.2, -0.15) is 8.78 Å². The van der Waals surface area contributed by atoms with Crippen LogP contribution in [0.5, 0.6) is 5.75 Å². The summed E-state index contributed by atoms with van der Waals surface area (Å²) < 4.78 is 66.2. The van der Waals surface area contributed by atoms with Gasteiger partial charge in [-0.15, -0.1) is 0 Å². The van der Waals surface area contributed by atoms with Crippen LogP contribution >= 0.6 is 0 Å². The second-order valence-corrected chi connectivity index (χ2v) is 5.85. The Morgan fingerprint density at radius 2 is 1.82 bits per heavy atom. The highest BCUT2D eigenvalue weighted by molar-refractivity contribution is 5.81. The molecule has 28 heavy (non-hydrogen) atoms. The maximum atomic E-state index is 14.4. The molecule has 4 nitrogen and oxygen atoms in total. The summed E-state index contributed by atoms with van der Waals surface area (Å²) in [7, 11) is 0. The number of hydrogen-bond acceptors (Lipinski definition) is 4. The summed E-state index contributed by atoms with van der Waals surface area (Å²) in [5.74, 6) is -8.38. The number of para-hydroxylation sites is 1. The molecule has 0 fully saturated rings. The van der Waals surface area contributed by atoms with Crippen molar-refractivity contribution in [1.82, 2.24) is 4.98 Å². The number of carbonyl (C=O) groups is 1. The van der Waals surface area contributed by atoms with Crippen LogP contribution in [0.15, 0.2) is 48.7 Å². The summed E-state index contributed by atoms with van der Waals surface area (Å²) in [6.07, 6.45) is 1.33. The molecule has 3 aromatic rings. The first-order valence-corrected chi connectivity index (χ1v) is 8.34. The van der Waals surface area contributed by atoms with Gasteiger partial charge < -0.3 is 9.47 Å². The summed E-state index contributed by atoms with van der Waals surface area (Å²) in [5.41, 5.74) is -0.590. The molecule has 0 saturated heterocycles. The average molecular weight is 393 g/mol. The predicted octanol–water partition coefficient (Wildman–Crippen LogP) is 4.75. The Kier molecular flexibility index (Phi) is 5.48. The molecule has 0 amide bonds. The highest BCUT2D eigenvalue weighted by Gasteiger charge is 2.47. The summed E-state index contributed by atoms with van der Waals surface area (Å²) in [6.45, 7) is 0.843. The average Bonchev–Trinajstić information content (AvgIpc) is 2.66. The van der Waals surface area contributed by atoms with E-state index in [1.807, 2.05) is 0 Å². The number of pyridine rings is 1. The van der Waals surface area contributed by atoms with Crippen LogP contribution in [0.1, 0.15) is 18.1 Å². The minimum absolute atomic E-state index is 0.159. The summed E-state index contributed by atoms with van der Waals surface area (Å²) in [4.78, 5) is 15.6. The van der Waals surface area contributed by atoms with Gasteiger partial charge in [0, 0.05) is 17.1 Å². The fourth-order valence-electron chi connectivity index (χ4n) is 2.66. The Balaban J connectivity index is 1.89. The Labute approximate surface area is 157 Å². The number of aromatic nitrogens is 1. The normalized spacial score (nSPS) is 11.5. The molecular weight excluding hydrogens is 378 g/mol. The fraction of sp³-hybridized carbons (Fsp3) is 0.200. The first-order chi connectivity index (χ1) is 13.3. The van der Waals surface area contributed by atoms with Gasteiger partial charge in [0.25, 0.3) is 0 Å². The number of nitrogens with zero attached hydrogens (tertiary/aromatic N) is 1. The lowest BCUT2D eigenvalue weighted by molar-refractivity contribution is -0.173. The zero-order chi connectivity index (χ0) is 20.3. The zero-order valence-corrected chi connectivity index (χ0v) is 14.7. The van der Waals surface area contributed by atoms with Crippen LogP contribution in [0.25, 0.3) is 10.9 Å². The predicted molar refractivity (Wildman–Crippen MR) is 93.0 cm³/mol.